The van der Waals surface area contributed by atoms with Gasteiger partial charge in [-0.05, 0) is 96.3 Å². The number of unbranched alkanes of at least 4 members (excludes halogenated alkanes) is 37. The molecule has 0 aliphatic carbocycles. The SMILES string of the molecule is CC/C=C\C/C=C\C/C=C\C/C=C\C/C=C\C/C=C\C/C=C\C/C=C\C/C=C\C/C=C\C/C=C\CCCCCC(=O)OC(COC(=O)CCCCCCCCCCCCCCCCCCCCCCCCCCCCCCCCCCCCC)COP(=O)(O)OCCN. The minimum atomic E-state index is -4.41. The summed E-state index contributed by atoms with van der Waals surface area (Å²) in [7, 11) is -4.41. The molecule has 0 radical (unpaired) electrons. The Bertz CT molecular complexity index is 1990. The highest BCUT2D eigenvalue weighted by Gasteiger charge is 2.26. The van der Waals surface area contributed by atoms with Gasteiger partial charge in [-0.1, -0.05) is 372 Å². The van der Waals surface area contributed by atoms with Crippen LogP contribution in [0.5, 0.6) is 0 Å². The number of hydrogen-bond acceptors (Lipinski definition) is 8. The zero-order valence-corrected chi connectivity index (χ0v) is 61.1. The summed E-state index contributed by atoms with van der Waals surface area (Å²) < 4.78 is 33.2. The van der Waals surface area contributed by atoms with E-state index in [1.165, 1.54) is 205 Å². The molecule has 3 N–H and O–H groups in total. The molecule has 2 atom stereocenters. The Balaban J connectivity index is 3.93. The number of esters is 2. The Labute approximate surface area is 574 Å². The quantitative estimate of drug-likeness (QED) is 0.0264. The van der Waals surface area contributed by atoms with Crippen LogP contribution in [0.3, 0.4) is 0 Å². The molecule has 9 nitrogen and oxygen atoms in total. The smallest absolute Gasteiger partial charge is 0.462 e. The topological polar surface area (TPSA) is 134 Å². The van der Waals surface area contributed by atoms with Crippen molar-refractivity contribution < 1.29 is 37.6 Å². The van der Waals surface area contributed by atoms with Crippen molar-refractivity contribution in [1.29, 1.82) is 0 Å². The van der Waals surface area contributed by atoms with Crippen molar-refractivity contribution in [3.63, 3.8) is 0 Å². The van der Waals surface area contributed by atoms with Gasteiger partial charge < -0.3 is 20.1 Å². The number of phosphoric acid groups is 1. The molecule has 0 rings (SSSR count). The van der Waals surface area contributed by atoms with Gasteiger partial charge in [0.2, 0.25) is 0 Å². The van der Waals surface area contributed by atoms with Crippen molar-refractivity contribution in [1.82, 2.24) is 0 Å². The van der Waals surface area contributed by atoms with Crippen LogP contribution in [0.2, 0.25) is 0 Å². The number of ether oxygens (including phenoxy) is 2. The molecule has 2 unspecified atom stereocenters. The summed E-state index contributed by atoms with van der Waals surface area (Å²) in [6.45, 7) is 3.63. The monoisotopic (exact) mass is 1310 g/mol. The van der Waals surface area contributed by atoms with E-state index in [1.807, 2.05) is 0 Å². The van der Waals surface area contributed by atoms with Crippen LogP contribution in [0.15, 0.2) is 134 Å². The van der Waals surface area contributed by atoms with Crippen LogP contribution in [0, 0.1) is 0 Å². The highest BCUT2D eigenvalue weighted by molar-refractivity contribution is 7.47. The lowest BCUT2D eigenvalue weighted by atomic mass is 10.0. The second kappa shape index (κ2) is 77.2. The van der Waals surface area contributed by atoms with E-state index in [-0.39, 0.29) is 38.6 Å². The first-order chi connectivity index (χ1) is 45.8. The summed E-state index contributed by atoms with van der Waals surface area (Å²) in [5.74, 6) is -0.862. The van der Waals surface area contributed by atoms with E-state index in [0.29, 0.717) is 6.42 Å². The number of carbonyl (C=O) groups excluding carboxylic acids is 2. The maximum absolute atomic E-state index is 12.8. The third-order valence-corrected chi connectivity index (χ3v) is 17.5. The fourth-order valence-electron chi connectivity index (χ4n) is 10.9. The van der Waals surface area contributed by atoms with Gasteiger partial charge in [0.1, 0.15) is 6.61 Å². The van der Waals surface area contributed by atoms with E-state index in [0.717, 1.165) is 109 Å². The molecule has 93 heavy (non-hydrogen) atoms. The Kier molecular flexibility index (Phi) is 74.0. The molecule has 0 aromatic heterocycles. The van der Waals surface area contributed by atoms with Crippen molar-refractivity contribution in [3.05, 3.63) is 134 Å². The zero-order valence-electron chi connectivity index (χ0n) is 60.2. The van der Waals surface area contributed by atoms with E-state index in [1.54, 1.807) is 0 Å². The Morgan fingerprint density at radius 3 is 0.882 bits per heavy atom. The highest BCUT2D eigenvalue weighted by Crippen LogP contribution is 2.43. The molecule has 0 saturated carbocycles. The van der Waals surface area contributed by atoms with Crippen LogP contribution in [0.4, 0.5) is 0 Å². The fourth-order valence-corrected chi connectivity index (χ4v) is 11.6. The summed E-state index contributed by atoms with van der Waals surface area (Å²) >= 11 is 0. The predicted octanol–water partition coefficient (Wildman–Crippen LogP) is 26.0. The molecule has 534 valence electrons. The van der Waals surface area contributed by atoms with Crippen molar-refractivity contribution in [2.75, 3.05) is 26.4 Å². The van der Waals surface area contributed by atoms with Crippen LogP contribution in [0.25, 0.3) is 0 Å². The van der Waals surface area contributed by atoms with Gasteiger partial charge in [-0.15, -0.1) is 0 Å². The average Bonchev–Trinajstić information content (AvgIpc) is 3.04. The highest BCUT2D eigenvalue weighted by atomic mass is 31.2. The number of phosphoric ester groups is 1. The van der Waals surface area contributed by atoms with E-state index >= 15 is 0 Å². The van der Waals surface area contributed by atoms with Gasteiger partial charge in [-0.2, -0.15) is 0 Å². The predicted molar refractivity (Wildman–Crippen MR) is 404 cm³/mol. The molecular weight excluding hydrogens is 1170 g/mol. The van der Waals surface area contributed by atoms with E-state index < -0.39 is 26.5 Å². The standard InChI is InChI=1S/C83H144NO8P/c1-3-5-7-9-11-13-15-17-19-21-23-25-27-29-31-33-35-37-39-40-42-44-46-48-50-52-54-56-58-60-62-64-66-68-70-72-74-76-83(86)92-81(80-91-93(87,88)90-78-77-84)79-89-82(85)75-73-71-69-67-65-63-61-59-57-55-53-51-49-47-45-43-41-38-36-34-32-30-28-26-24-22-20-18-16-14-12-10-8-6-4-2/h5,7,11,13,17,19,23,25,29,31,35,37,40,42,46,48,52,54,58,60,64,66,81H,3-4,6,8-10,12,14-16,18,20-22,24,26-28,30,32-34,36,38-39,41,43-45,47,49-51,53,55-57,59,61-63,65,67-80,84H2,1-2H3,(H,87,88)/b7-5-,13-11-,19-17-,25-23-,31-29-,37-35-,42-40-,48-46-,54-52-,60-58-,66-64-. The number of nitrogens with two attached hydrogens (primary N) is 1. The molecule has 0 amide bonds. The lowest BCUT2D eigenvalue weighted by Crippen LogP contribution is -2.29. The zero-order chi connectivity index (χ0) is 67.2. The lowest BCUT2D eigenvalue weighted by molar-refractivity contribution is -0.161. The largest absolute Gasteiger partial charge is 0.472 e. The summed E-state index contributed by atoms with van der Waals surface area (Å²) in [4.78, 5) is 35.4. The van der Waals surface area contributed by atoms with Crippen LogP contribution >= 0.6 is 7.82 Å². The summed E-state index contributed by atoms with van der Waals surface area (Å²) in [6.07, 6.45) is 110. The molecular formula is C83H144NO8P. The molecule has 0 bridgehead atoms. The second-order valence-corrected chi connectivity index (χ2v) is 27.0. The lowest BCUT2D eigenvalue weighted by Gasteiger charge is -2.19. The Morgan fingerprint density at radius 2 is 0.591 bits per heavy atom. The Hall–Kier alpha value is -3.85. The summed E-state index contributed by atoms with van der Waals surface area (Å²) in [5, 5.41) is 0. The maximum Gasteiger partial charge on any atom is 0.472 e. The number of rotatable bonds is 72. The molecule has 0 spiro atoms. The summed E-state index contributed by atoms with van der Waals surface area (Å²) in [5.41, 5.74) is 5.41. The molecule has 0 aromatic carbocycles. The molecule has 0 aromatic rings. The van der Waals surface area contributed by atoms with Crippen molar-refractivity contribution in [2.45, 2.75) is 354 Å². The van der Waals surface area contributed by atoms with E-state index in [9.17, 15) is 19.0 Å². The van der Waals surface area contributed by atoms with Gasteiger partial charge in [-0.3, -0.25) is 18.6 Å². The van der Waals surface area contributed by atoms with Gasteiger partial charge in [-0.25, -0.2) is 4.57 Å². The molecule has 0 heterocycles. The normalized spacial score (nSPS) is 13.6. The van der Waals surface area contributed by atoms with Crippen LogP contribution in [-0.4, -0.2) is 49.3 Å². The maximum atomic E-state index is 12.8. The molecule has 0 aliphatic heterocycles. The number of carbonyl (C=O) groups is 2. The van der Waals surface area contributed by atoms with Gasteiger partial charge in [0, 0.05) is 19.4 Å². The molecule has 0 aliphatic rings. The van der Waals surface area contributed by atoms with Crippen molar-refractivity contribution in [2.24, 2.45) is 5.73 Å². The molecule has 10 heteroatoms. The van der Waals surface area contributed by atoms with Crippen molar-refractivity contribution >= 4 is 19.8 Å². The van der Waals surface area contributed by atoms with Gasteiger partial charge in [0.25, 0.3) is 0 Å². The fraction of sp³-hybridized carbons (Fsp3) is 0.711. The van der Waals surface area contributed by atoms with Crippen molar-refractivity contribution in [3.8, 4) is 0 Å². The first-order valence-electron chi connectivity index (χ1n) is 38.7. The minimum Gasteiger partial charge on any atom is -0.462 e. The van der Waals surface area contributed by atoms with Gasteiger partial charge >= 0.3 is 19.8 Å². The summed E-state index contributed by atoms with van der Waals surface area (Å²) in [6, 6.07) is 0. The molecule has 0 fully saturated rings. The average molecular weight is 1320 g/mol. The van der Waals surface area contributed by atoms with Crippen LogP contribution in [0.1, 0.15) is 348 Å². The third-order valence-electron chi connectivity index (χ3n) is 16.6. The first kappa shape index (κ1) is 89.2. The van der Waals surface area contributed by atoms with Gasteiger partial charge in [0.15, 0.2) is 6.10 Å². The number of allylic oxidation sites excluding steroid dienone is 22. The van der Waals surface area contributed by atoms with Crippen LogP contribution in [-0.2, 0) is 32.7 Å². The van der Waals surface area contributed by atoms with E-state index in [4.69, 9.17) is 24.3 Å². The van der Waals surface area contributed by atoms with Gasteiger partial charge in [0.05, 0.1) is 13.2 Å². The second-order valence-electron chi connectivity index (χ2n) is 25.5. The minimum absolute atomic E-state index is 0.0424. The van der Waals surface area contributed by atoms with Crippen LogP contribution < -0.4 is 5.73 Å². The van der Waals surface area contributed by atoms with E-state index in [2.05, 4.69) is 148 Å². The third kappa shape index (κ3) is 77.0. The Morgan fingerprint density at radius 1 is 0.333 bits per heavy atom. The first-order valence-corrected chi connectivity index (χ1v) is 40.2. The molecule has 0 saturated heterocycles. The number of hydrogen-bond donors (Lipinski definition) is 2.